The molecule has 0 aromatic heterocycles. The maximum atomic E-state index is 12.3. The highest BCUT2D eigenvalue weighted by Crippen LogP contribution is 2.37. The van der Waals surface area contributed by atoms with Crippen LogP contribution < -0.4 is 4.74 Å². The minimum absolute atomic E-state index is 0.130. The number of carbonyl (C=O) groups excluding carboxylic acids is 1. The van der Waals surface area contributed by atoms with Gasteiger partial charge in [-0.2, -0.15) is 0 Å². The van der Waals surface area contributed by atoms with Gasteiger partial charge in [0.05, 0.1) is 18.8 Å². The molecule has 2 aromatic carbocycles. The number of nitrogens with zero attached hydrogens (tertiary/aromatic N) is 1. The number of allylic oxidation sites excluding steroid dienone is 2. The maximum Gasteiger partial charge on any atom is 0.338 e. The molecule has 1 atom stereocenters. The lowest BCUT2D eigenvalue weighted by molar-refractivity contribution is 0.0378. The molecule has 4 nitrogen and oxygen atoms in total. The van der Waals surface area contributed by atoms with Crippen LogP contribution in [-0.2, 0) is 4.74 Å². The number of benzene rings is 2. The molecule has 0 amide bonds. The first-order valence-corrected chi connectivity index (χ1v) is 11.9. The van der Waals surface area contributed by atoms with Crippen molar-refractivity contribution in [2.45, 2.75) is 46.6 Å². The summed E-state index contributed by atoms with van der Waals surface area (Å²) in [5.41, 5.74) is 5.40. The van der Waals surface area contributed by atoms with Crippen LogP contribution in [0.3, 0.4) is 0 Å². The number of rotatable bonds is 7. The van der Waals surface area contributed by atoms with Gasteiger partial charge in [0.25, 0.3) is 0 Å². The lowest BCUT2D eigenvalue weighted by Crippen LogP contribution is -2.24. The molecule has 0 N–H and O–H groups in total. The second kappa shape index (κ2) is 13.0. The van der Waals surface area contributed by atoms with Crippen LogP contribution in [0.15, 0.2) is 60.2 Å². The van der Waals surface area contributed by atoms with Crippen molar-refractivity contribution in [1.82, 2.24) is 4.90 Å². The molecule has 178 valence electrons. The van der Waals surface area contributed by atoms with Crippen LogP contribution in [0.25, 0.3) is 11.6 Å². The van der Waals surface area contributed by atoms with Crippen molar-refractivity contribution in [2.24, 2.45) is 5.92 Å². The van der Waals surface area contributed by atoms with Crippen molar-refractivity contribution in [1.29, 1.82) is 0 Å². The Morgan fingerprint density at radius 1 is 1.12 bits per heavy atom. The van der Waals surface area contributed by atoms with Gasteiger partial charge in [0, 0.05) is 6.54 Å². The van der Waals surface area contributed by atoms with Crippen molar-refractivity contribution >= 4 is 17.6 Å². The van der Waals surface area contributed by atoms with Crippen LogP contribution in [0.1, 0.15) is 62.0 Å². The molecular formula is C29H39NO3. The van der Waals surface area contributed by atoms with E-state index in [-0.39, 0.29) is 12.1 Å². The smallest absolute Gasteiger partial charge is 0.338 e. The molecular weight excluding hydrogens is 410 g/mol. The van der Waals surface area contributed by atoms with Gasteiger partial charge in [0.15, 0.2) is 0 Å². The molecule has 0 saturated heterocycles. The molecule has 0 saturated carbocycles. The minimum atomic E-state index is -0.280. The van der Waals surface area contributed by atoms with Crippen LogP contribution in [0.5, 0.6) is 5.75 Å². The second-order valence-corrected chi connectivity index (χ2v) is 8.63. The Kier molecular flexibility index (Phi) is 10.4. The summed E-state index contributed by atoms with van der Waals surface area (Å²) >= 11 is 0. The van der Waals surface area contributed by atoms with Crippen LogP contribution in [0.2, 0.25) is 0 Å². The van der Waals surface area contributed by atoms with Gasteiger partial charge in [-0.05, 0) is 93.2 Å². The normalized spacial score (nSPS) is 16.8. The average molecular weight is 450 g/mol. The first-order valence-electron chi connectivity index (χ1n) is 11.9. The van der Waals surface area contributed by atoms with Gasteiger partial charge in [-0.15, -0.1) is 0 Å². The van der Waals surface area contributed by atoms with Gasteiger partial charge in [0.1, 0.15) is 5.75 Å². The van der Waals surface area contributed by atoms with Crippen molar-refractivity contribution in [2.75, 3.05) is 27.7 Å². The third-order valence-electron chi connectivity index (χ3n) is 5.37. The lowest BCUT2D eigenvalue weighted by atomic mass is 9.81. The minimum Gasteiger partial charge on any atom is -0.497 e. The number of carbonyl (C=O) groups is 1. The number of ether oxygens (including phenoxy) is 2. The van der Waals surface area contributed by atoms with Crippen molar-refractivity contribution in [3.8, 4) is 5.75 Å². The molecule has 33 heavy (non-hydrogen) atoms. The van der Waals surface area contributed by atoms with Crippen molar-refractivity contribution < 1.29 is 14.3 Å². The zero-order valence-electron chi connectivity index (χ0n) is 21.2. The molecule has 0 fully saturated rings. The SMILES string of the molecule is CC.COc1cccc(C2=C/C(=C/c3cccc(C(=O)OC(C)C)c3)CCC2CN(C)C)c1. The third kappa shape index (κ3) is 7.90. The van der Waals surface area contributed by atoms with Gasteiger partial charge >= 0.3 is 5.97 Å². The Morgan fingerprint density at radius 3 is 2.52 bits per heavy atom. The van der Waals surface area contributed by atoms with Gasteiger partial charge < -0.3 is 14.4 Å². The highest BCUT2D eigenvalue weighted by atomic mass is 16.5. The standard InChI is InChI=1S/C27H33NO3.C2H6/c1-19(2)31-27(29)23-10-6-8-20(15-23)14-21-12-13-24(18-28(3)4)26(16-21)22-9-7-11-25(17-22)30-5;1-2/h6-11,14-17,19,24H,12-13,18H2,1-5H3;1-2H3/b21-14+;. The average Bonchev–Trinajstić information content (AvgIpc) is 2.81. The summed E-state index contributed by atoms with van der Waals surface area (Å²) in [5.74, 6) is 1.05. The molecule has 1 aliphatic rings. The van der Waals surface area contributed by atoms with Crippen LogP contribution >= 0.6 is 0 Å². The highest BCUT2D eigenvalue weighted by Gasteiger charge is 2.22. The van der Waals surface area contributed by atoms with Crippen LogP contribution in [0.4, 0.5) is 0 Å². The monoisotopic (exact) mass is 449 g/mol. The quantitative estimate of drug-likeness (QED) is 0.440. The fourth-order valence-corrected chi connectivity index (χ4v) is 4.00. The predicted molar refractivity (Wildman–Crippen MR) is 139 cm³/mol. The second-order valence-electron chi connectivity index (χ2n) is 8.63. The summed E-state index contributed by atoms with van der Waals surface area (Å²) in [7, 11) is 5.95. The Labute approximate surface area is 199 Å². The van der Waals surface area contributed by atoms with E-state index in [0.29, 0.717) is 11.5 Å². The summed E-state index contributed by atoms with van der Waals surface area (Å²) in [6.45, 7) is 8.73. The van der Waals surface area contributed by atoms with Crippen molar-refractivity contribution in [3.63, 3.8) is 0 Å². The number of methoxy groups -OCH3 is 1. The molecule has 0 bridgehead atoms. The van der Waals surface area contributed by atoms with E-state index in [1.54, 1.807) is 13.2 Å². The Morgan fingerprint density at radius 2 is 1.85 bits per heavy atom. The van der Waals surface area contributed by atoms with Gasteiger partial charge in [-0.1, -0.05) is 50.3 Å². The van der Waals surface area contributed by atoms with Gasteiger partial charge in [-0.25, -0.2) is 4.79 Å². The molecule has 1 unspecified atom stereocenters. The Hall–Kier alpha value is -2.85. The van der Waals surface area contributed by atoms with Crippen LogP contribution in [0, 0.1) is 5.92 Å². The summed E-state index contributed by atoms with van der Waals surface area (Å²) in [6, 6.07) is 15.9. The molecule has 3 rings (SSSR count). The van der Waals surface area contributed by atoms with Crippen molar-refractivity contribution in [3.05, 3.63) is 76.9 Å². The van der Waals surface area contributed by atoms with E-state index in [1.807, 2.05) is 58.0 Å². The molecule has 4 heteroatoms. The summed E-state index contributed by atoms with van der Waals surface area (Å²) in [6.07, 6.45) is 6.45. The molecule has 0 aliphatic heterocycles. The maximum absolute atomic E-state index is 12.3. The lowest BCUT2D eigenvalue weighted by Gasteiger charge is -2.29. The van der Waals surface area contributed by atoms with Gasteiger partial charge in [0.2, 0.25) is 0 Å². The molecule has 2 aromatic rings. The van der Waals surface area contributed by atoms with Gasteiger partial charge in [-0.3, -0.25) is 0 Å². The first kappa shape index (κ1) is 26.4. The van der Waals surface area contributed by atoms with E-state index < -0.39 is 0 Å². The number of hydrogen-bond donors (Lipinski definition) is 0. The predicted octanol–water partition coefficient (Wildman–Crippen LogP) is 6.73. The van der Waals surface area contributed by atoms with E-state index >= 15 is 0 Å². The first-order chi connectivity index (χ1) is 15.9. The van der Waals surface area contributed by atoms with E-state index in [2.05, 4.69) is 43.3 Å². The van der Waals surface area contributed by atoms with E-state index in [1.165, 1.54) is 16.7 Å². The molecule has 1 aliphatic carbocycles. The zero-order valence-corrected chi connectivity index (χ0v) is 21.2. The third-order valence-corrected chi connectivity index (χ3v) is 5.37. The number of hydrogen-bond acceptors (Lipinski definition) is 4. The highest BCUT2D eigenvalue weighted by molar-refractivity contribution is 5.90. The Balaban J connectivity index is 0.00000187. The fraction of sp³-hybridized carbons (Fsp3) is 0.414. The van der Waals surface area contributed by atoms with E-state index in [4.69, 9.17) is 9.47 Å². The summed E-state index contributed by atoms with van der Waals surface area (Å²) < 4.78 is 10.8. The zero-order chi connectivity index (χ0) is 24.4. The van der Waals surface area contributed by atoms with Crippen LogP contribution in [-0.4, -0.2) is 44.7 Å². The molecule has 0 heterocycles. The molecule has 0 radical (unpaired) electrons. The summed E-state index contributed by atoms with van der Waals surface area (Å²) in [4.78, 5) is 14.5. The summed E-state index contributed by atoms with van der Waals surface area (Å²) in [5, 5.41) is 0. The van der Waals surface area contributed by atoms with E-state index in [0.717, 1.165) is 30.7 Å². The largest absolute Gasteiger partial charge is 0.497 e. The number of esters is 1. The fourth-order valence-electron chi connectivity index (χ4n) is 4.00. The Bertz CT molecular complexity index is 972. The van der Waals surface area contributed by atoms with E-state index in [9.17, 15) is 4.79 Å². The molecule has 0 spiro atoms. The topological polar surface area (TPSA) is 38.8 Å².